The number of nitrogens with two attached hydrogens (primary N) is 1. The van der Waals surface area contributed by atoms with Gasteiger partial charge in [-0.2, -0.15) is 11.8 Å². The van der Waals surface area contributed by atoms with Gasteiger partial charge in [0, 0.05) is 35.8 Å². The van der Waals surface area contributed by atoms with Crippen molar-refractivity contribution in [3.8, 4) is 0 Å². The molecule has 0 atom stereocenters. The summed E-state index contributed by atoms with van der Waals surface area (Å²) in [7, 11) is 4.11. The van der Waals surface area contributed by atoms with Gasteiger partial charge in [0.1, 0.15) is 0 Å². The molecule has 4 nitrogen and oxygen atoms in total. The number of carbonyl (C=O) groups is 1. The Hall–Kier alpha value is -1.20. The van der Waals surface area contributed by atoms with Gasteiger partial charge in [-0.1, -0.05) is 0 Å². The summed E-state index contributed by atoms with van der Waals surface area (Å²) in [5.41, 5.74) is 8.23. The number of hydrogen-bond acceptors (Lipinski definition) is 4. The van der Waals surface area contributed by atoms with E-state index in [4.69, 9.17) is 5.73 Å². The van der Waals surface area contributed by atoms with Crippen molar-refractivity contribution in [2.45, 2.75) is 13.3 Å². The van der Waals surface area contributed by atoms with Crippen LogP contribution >= 0.6 is 11.8 Å². The van der Waals surface area contributed by atoms with Crippen LogP contribution in [0.4, 0.5) is 11.4 Å². The van der Waals surface area contributed by atoms with E-state index in [9.17, 15) is 4.79 Å². The van der Waals surface area contributed by atoms with Crippen molar-refractivity contribution in [3.05, 3.63) is 23.8 Å². The lowest BCUT2D eigenvalue weighted by molar-refractivity contribution is -0.115. The van der Waals surface area contributed by atoms with Crippen LogP contribution in [0.3, 0.4) is 0 Å². The standard InChI is InChI=1S/C14H23N3OS/c1-11-10-12(15)4-5-13(11)16-14(18)6-8-19-9-7-17(2)3/h4-5,10H,6-9,15H2,1-3H3,(H,16,18). The molecule has 19 heavy (non-hydrogen) atoms. The molecule has 1 aromatic carbocycles. The highest BCUT2D eigenvalue weighted by Crippen LogP contribution is 2.18. The van der Waals surface area contributed by atoms with E-state index < -0.39 is 0 Å². The lowest BCUT2D eigenvalue weighted by Gasteiger charge is -2.10. The number of nitrogens with one attached hydrogen (secondary N) is 1. The van der Waals surface area contributed by atoms with Crippen LogP contribution in [-0.2, 0) is 4.79 Å². The monoisotopic (exact) mass is 281 g/mol. The fourth-order valence-corrected chi connectivity index (χ4v) is 2.58. The summed E-state index contributed by atoms with van der Waals surface area (Å²) < 4.78 is 0. The Bertz CT molecular complexity index is 421. The van der Waals surface area contributed by atoms with Gasteiger partial charge in [0.05, 0.1) is 0 Å². The number of nitrogen functional groups attached to an aromatic ring is 1. The van der Waals surface area contributed by atoms with Crippen molar-refractivity contribution in [1.29, 1.82) is 0 Å². The number of benzene rings is 1. The number of amides is 1. The summed E-state index contributed by atoms with van der Waals surface area (Å²) >= 11 is 1.80. The number of thioether (sulfide) groups is 1. The van der Waals surface area contributed by atoms with Crippen LogP contribution in [0.1, 0.15) is 12.0 Å². The van der Waals surface area contributed by atoms with Gasteiger partial charge in [-0.3, -0.25) is 4.79 Å². The first-order valence-corrected chi connectivity index (χ1v) is 7.53. The first-order chi connectivity index (χ1) is 8.99. The molecule has 0 unspecified atom stereocenters. The molecule has 0 saturated carbocycles. The third-order valence-electron chi connectivity index (χ3n) is 2.68. The molecule has 0 saturated heterocycles. The molecule has 106 valence electrons. The summed E-state index contributed by atoms with van der Waals surface area (Å²) in [6.07, 6.45) is 0.544. The summed E-state index contributed by atoms with van der Waals surface area (Å²) in [5, 5.41) is 2.92. The maximum absolute atomic E-state index is 11.8. The Morgan fingerprint density at radius 2 is 2.11 bits per heavy atom. The van der Waals surface area contributed by atoms with Crippen molar-refractivity contribution in [2.24, 2.45) is 0 Å². The number of nitrogens with zero attached hydrogens (tertiary/aromatic N) is 1. The van der Waals surface area contributed by atoms with Gasteiger partial charge < -0.3 is 16.0 Å². The van der Waals surface area contributed by atoms with Gasteiger partial charge in [0.2, 0.25) is 5.91 Å². The maximum atomic E-state index is 11.8. The smallest absolute Gasteiger partial charge is 0.225 e. The van der Waals surface area contributed by atoms with Crippen LogP contribution in [0.5, 0.6) is 0 Å². The predicted molar refractivity (Wildman–Crippen MR) is 84.7 cm³/mol. The Morgan fingerprint density at radius 3 is 2.74 bits per heavy atom. The largest absolute Gasteiger partial charge is 0.399 e. The van der Waals surface area contributed by atoms with Crippen LogP contribution in [0.25, 0.3) is 0 Å². The van der Waals surface area contributed by atoms with Crippen molar-refractivity contribution in [3.63, 3.8) is 0 Å². The van der Waals surface area contributed by atoms with E-state index in [1.54, 1.807) is 17.8 Å². The lowest BCUT2D eigenvalue weighted by Crippen LogP contribution is -2.16. The van der Waals surface area contributed by atoms with Crippen molar-refractivity contribution in [1.82, 2.24) is 4.90 Å². The molecule has 5 heteroatoms. The third kappa shape index (κ3) is 6.50. The van der Waals surface area contributed by atoms with Crippen LogP contribution in [0, 0.1) is 6.92 Å². The number of rotatable bonds is 7. The van der Waals surface area contributed by atoms with Gasteiger partial charge in [0.15, 0.2) is 0 Å². The number of anilines is 2. The Balaban J connectivity index is 2.27. The van der Waals surface area contributed by atoms with Crippen molar-refractivity contribution >= 4 is 29.0 Å². The number of hydrogen-bond donors (Lipinski definition) is 2. The summed E-state index contributed by atoms with van der Waals surface area (Å²) in [6.45, 7) is 2.99. The number of carbonyl (C=O) groups excluding carboxylic acids is 1. The van der Waals surface area contributed by atoms with Crippen LogP contribution in [0.2, 0.25) is 0 Å². The van der Waals surface area contributed by atoms with Crippen LogP contribution < -0.4 is 11.1 Å². The first-order valence-electron chi connectivity index (χ1n) is 6.37. The fourth-order valence-electron chi connectivity index (χ4n) is 1.55. The molecular formula is C14H23N3OS. The van der Waals surface area contributed by atoms with E-state index in [0.29, 0.717) is 6.42 Å². The van der Waals surface area contributed by atoms with Crippen LogP contribution in [-0.4, -0.2) is 43.0 Å². The minimum absolute atomic E-state index is 0.0604. The minimum Gasteiger partial charge on any atom is -0.399 e. The molecule has 0 fully saturated rings. The lowest BCUT2D eigenvalue weighted by atomic mass is 10.2. The van der Waals surface area contributed by atoms with Gasteiger partial charge in [0.25, 0.3) is 0 Å². The van der Waals surface area contributed by atoms with Gasteiger partial charge in [-0.05, 0) is 44.8 Å². The molecule has 1 rings (SSSR count). The molecule has 0 aliphatic heterocycles. The number of aryl methyl sites for hydroxylation is 1. The quantitative estimate of drug-likeness (QED) is 0.594. The molecule has 3 N–H and O–H groups in total. The fraction of sp³-hybridized carbons (Fsp3) is 0.500. The molecule has 0 spiro atoms. The van der Waals surface area contributed by atoms with E-state index in [2.05, 4.69) is 24.3 Å². The van der Waals surface area contributed by atoms with Gasteiger partial charge >= 0.3 is 0 Å². The Morgan fingerprint density at radius 1 is 1.37 bits per heavy atom. The average molecular weight is 281 g/mol. The zero-order chi connectivity index (χ0) is 14.3. The molecular weight excluding hydrogens is 258 g/mol. The SMILES string of the molecule is Cc1cc(N)ccc1NC(=O)CCSCCN(C)C. The summed E-state index contributed by atoms with van der Waals surface area (Å²) in [6, 6.07) is 5.51. The molecule has 1 aromatic rings. The molecule has 0 bridgehead atoms. The summed E-state index contributed by atoms with van der Waals surface area (Å²) in [4.78, 5) is 13.9. The molecule has 0 aliphatic carbocycles. The topological polar surface area (TPSA) is 58.4 Å². The van der Waals surface area contributed by atoms with E-state index in [0.717, 1.165) is 35.0 Å². The molecule has 1 amide bonds. The molecule has 0 aliphatic rings. The second kappa shape index (κ2) is 8.07. The zero-order valence-electron chi connectivity index (χ0n) is 11.9. The molecule has 0 heterocycles. The minimum atomic E-state index is 0.0604. The second-order valence-electron chi connectivity index (χ2n) is 4.79. The highest BCUT2D eigenvalue weighted by molar-refractivity contribution is 7.99. The van der Waals surface area contributed by atoms with Gasteiger partial charge in [-0.25, -0.2) is 0 Å². The third-order valence-corrected chi connectivity index (χ3v) is 3.64. The average Bonchev–Trinajstić information content (AvgIpc) is 2.32. The highest BCUT2D eigenvalue weighted by Gasteiger charge is 2.05. The second-order valence-corrected chi connectivity index (χ2v) is 6.01. The van der Waals surface area contributed by atoms with Gasteiger partial charge in [-0.15, -0.1) is 0 Å². The predicted octanol–water partition coefficient (Wildman–Crippen LogP) is 2.20. The highest BCUT2D eigenvalue weighted by atomic mass is 32.2. The van der Waals surface area contributed by atoms with Crippen molar-refractivity contribution in [2.75, 3.05) is 43.2 Å². The van der Waals surface area contributed by atoms with E-state index >= 15 is 0 Å². The molecule has 0 aromatic heterocycles. The van der Waals surface area contributed by atoms with E-state index in [1.807, 2.05) is 19.1 Å². The van der Waals surface area contributed by atoms with Crippen LogP contribution in [0.15, 0.2) is 18.2 Å². The first kappa shape index (κ1) is 15.9. The molecule has 0 radical (unpaired) electrons. The normalized spacial score (nSPS) is 10.7. The Labute approximate surface area is 119 Å². The maximum Gasteiger partial charge on any atom is 0.225 e. The zero-order valence-corrected chi connectivity index (χ0v) is 12.7. The van der Waals surface area contributed by atoms with E-state index in [1.165, 1.54) is 0 Å². The van der Waals surface area contributed by atoms with Crippen molar-refractivity contribution < 1.29 is 4.79 Å². The summed E-state index contributed by atoms with van der Waals surface area (Å²) in [5.74, 6) is 1.97. The Kier molecular flexibility index (Phi) is 6.73. The van der Waals surface area contributed by atoms with E-state index in [-0.39, 0.29) is 5.91 Å².